The lowest BCUT2D eigenvalue weighted by Gasteiger charge is -2.33. The molecule has 1 atom stereocenters. The summed E-state index contributed by atoms with van der Waals surface area (Å²) in [5, 5.41) is 0.306. The van der Waals surface area contributed by atoms with Crippen molar-refractivity contribution in [1.29, 1.82) is 0 Å². The summed E-state index contributed by atoms with van der Waals surface area (Å²) in [6, 6.07) is 0. The van der Waals surface area contributed by atoms with E-state index in [0.717, 1.165) is 37.5 Å². The second-order valence-electron chi connectivity index (χ2n) is 3.99. The zero-order valence-electron chi connectivity index (χ0n) is 9.61. The highest BCUT2D eigenvalue weighted by atomic mass is 35.5. The quantitative estimate of drug-likeness (QED) is 0.743. The number of aromatic nitrogens is 2. The number of anilines is 1. The monoisotopic (exact) mass is 241 g/mol. The molecule has 1 aliphatic rings. The van der Waals surface area contributed by atoms with E-state index in [1.54, 1.807) is 6.20 Å². The predicted molar refractivity (Wildman–Crippen MR) is 64.0 cm³/mol. The zero-order valence-corrected chi connectivity index (χ0v) is 10.4. The SMILES string of the molecule is CCC1CN(c2nc(Cl)ncc2C)CCO1. The van der Waals surface area contributed by atoms with Crippen LogP contribution in [0.25, 0.3) is 0 Å². The molecule has 1 aromatic heterocycles. The number of halogens is 1. The maximum atomic E-state index is 5.83. The molecule has 0 aliphatic carbocycles. The van der Waals surface area contributed by atoms with E-state index in [-0.39, 0.29) is 0 Å². The van der Waals surface area contributed by atoms with Crippen molar-refractivity contribution in [3.63, 3.8) is 0 Å². The highest BCUT2D eigenvalue weighted by Gasteiger charge is 2.21. The van der Waals surface area contributed by atoms with Crippen LogP contribution in [0.1, 0.15) is 18.9 Å². The molecular weight excluding hydrogens is 226 g/mol. The lowest BCUT2D eigenvalue weighted by molar-refractivity contribution is 0.0381. The van der Waals surface area contributed by atoms with Crippen LogP contribution in [0.4, 0.5) is 5.82 Å². The predicted octanol–water partition coefficient (Wildman–Crippen LogP) is 2.05. The summed E-state index contributed by atoms with van der Waals surface area (Å²) in [7, 11) is 0. The standard InChI is InChI=1S/C11H16ClN3O/c1-3-9-7-15(4-5-16-9)10-8(2)6-13-11(12)14-10/h6,9H,3-5,7H2,1-2H3. The second-order valence-corrected chi connectivity index (χ2v) is 4.33. The van der Waals surface area contributed by atoms with Gasteiger partial charge >= 0.3 is 0 Å². The summed E-state index contributed by atoms with van der Waals surface area (Å²) in [6.07, 6.45) is 3.08. The molecule has 5 heteroatoms. The van der Waals surface area contributed by atoms with Gasteiger partial charge in [0.05, 0.1) is 12.7 Å². The third-order valence-corrected chi connectivity index (χ3v) is 2.99. The van der Waals surface area contributed by atoms with E-state index in [2.05, 4.69) is 21.8 Å². The minimum absolute atomic E-state index is 0.293. The average molecular weight is 242 g/mol. The van der Waals surface area contributed by atoms with Gasteiger partial charge in [-0.3, -0.25) is 0 Å². The van der Waals surface area contributed by atoms with E-state index >= 15 is 0 Å². The first-order chi connectivity index (χ1) is 7.70. The Morgan fingerprint density at radius 1 is 1.62 bits per heavy atom. The van der Waals surface area contributed by atoms with Crippen molar-refractivity contribution in [2.45, 2.75) is 26.4 Å². The Morgan fingerprint density at radius 3 is 3.19 bits per heavy atom. The third kappa shape index (κ3) is 2.44. The Bertz CT molecular complexity index is 372. The Hall–Kier alpha value is -0.870. The van der Waals surface area contributed by atoms with Gasteiger partial charge in [-0.2, -0.15) is 0 Å². The highest BCUT2D eigenvalue weighted by Crippen LogP contribution is 2.21. The summed E-state index contributed by atoms with van der Waals surface area (Å²) < 4.78 is 5.63. The van der Waals surface area contributed by atoms with E-state index in [9.17, 15) is 0 Å². The lowest BCUT2D eigenvalue weighted by Crippen LogP contribution is -2.43. The van der Waals surface area contributed by atoms with Crippen LogP contribution in [0.3, 0.4) is 0 Å². The molecule has 4 nitrogen and oxygen atoms in total. The number of rotatable bonds is 2. The van der Waals surface area contributed by atoms with Crippen LogP contribution in [0.5, 0.6) is 0 Å². The number of morpholine rings is 1. The largest absolute Gasteiger partial charge is 0.375 e. The molecule has 0 radical (unpaired) electrons. The number of aryl methyl sites for hydroxylation is 1. The Labute approximate surface area is 101 Å². The van der Waals surface area contributed by atoms with Crippen LogP contribution in [0.2, 0.25) is 5.28 Å². The smallest absolute Gasteiger partial charge is 0.224 e. The van der Waals surface area contributed by atoms with E-state index < -0.39 is 0 Å². The summed E-state index contributed by atoms with van der Waals surface area (Å²) in [6.45, 7) is 6.63. The zero-order chi connectivity index (χ0) is 11.5. The number of nitrogens with zero attached hydrogens (tertiary/aromatic N) is 3. The van der Waals surface area contributed by atoms with Gasteiger partial charge in [-0.05, 0) is 24.9 Å². The van der Waals surface area contributed by atoms with Gasteiger partial charge in [-0.15, -0.1) is 0 Å². The lowest BCUT2D eigenvalue weighted by atomic mass is 10.2. The van der Waals surface area contributed by atoms with Crippen molar-refractivity contribution in [2.24, 2.45) is 0 Å². The summed E-state index contributed by atoms with van der Waals surface area (Å²) in [5.41, 5.74) is 1.06. The third-order valence-electron chi connectivity index (χ3n) is 2.81. The van der Waals surface area contributed by atoms with Crippen LogP contribution in [-0.4, -0.2) is 35.8 Å². The van der Waals surface area contributed by atoms with Crippen molar-refractivity contribution in [1.82, 2.24) is 9.97 Å². The van der Waals surface area contributed by atoms with Crippen LogP contribution < -0.4 is 4.90 Å². The molecule has 1 saturated heterocycles. The molecule has 1 aromatic rings. The average Bonchev–Trinajstić information content (AvgIpc) is 2.32. The molecule has 1 unspecified atom stereocenters. The molecule has 16 heavy (non-hydrogen) atoms. The molecule has 88 valence electrons. The Balaban J connectivity index is 2.19. The van der Waals surface area contributed by atoms with Crippen molar-refractivity contribution >= 4 is 17.4 Å². The number of ether oxygens (including phenoxy) is 1. The maximum absolute atomic E-state index is 5.83. The molecule has 0 amide bonds. The first kappa shape index (κ1) is 11.6. The normalized spacial score (nSPS) is 21.2. The van der Waals surface area contributed by atoms with Crippen molar-refractivity contribution in [3.8, 4) is 0 Å². The first-order valence-electron chi connectivity index (χ1n) is 5.56. The van der Waals surface area contributed by atoms with Gasteiger partial charge in [-0.1, -0.05) is 6.92 Å². The van der Waals surface area contributed by atoms with E-state index in [1.807, 2.05) is 6.92 Å². The van der Waals surface area contributed by atoms with E-state index in [4.69, 9.17) is 16.3 Å². The molecule has 2 rings (SSSR count). The van der Waals surface area contributed by atoms with Crippen LogP contribution in [0.15, 0.2) is 6.20 Å². The highest BCUT2D eigenvalue weighted by molar-refractivity contribution is 6.28. The van der Waals surface area contributed by atoms with Crippen molar-refractivity contribution < 1.29 is 4.74 Å². The molecule has 0 spiro atoms. The maximum Gasteiger partial charge on any atom is 0.224 e. The minimum atomic E-state index is 0.293. The first-order valence-corrected chi connectivity index (χ1v) is 5.94. The van der Waals surface area contributed by atoms with E-state index in [0.29, 0.717) is 11.4 Å². The van der Waals surface area contributed by atoms with Gasteiger partial charge in [0, 0.05) is 24.8 Å². The number of hydrogen-bond donors (Lipinski definition) is 0. The van der Waals surface area contributed by atoms with Gasteiger partial charge in [0.2, 0.25) is 5.28 Å². The van der Waals surface area contributed by atoms with Crippen LogP contribution in [0, 0.1) is 6.92 Å². The molecule has 1 aliphatic heterocycles. The summed E-state index contributed by atoms with van der Waals surface area (Å²) in [5.74, 6) is 0.932. The summed E-state index contributed by atoms with van der Waals surface area (Å²) >= 11 is 5.83. The topological polar surface area (TPSA) is 38.2 Å². The molecule has 2 heterocycles. The molecule has 0 aromatic carbocycles. The molecule has 0 bridgehead atoms. The van der Waals surface area contributed by atoms with Gasteiger partial charge in [0.25, 0.3) is 0 Å². The van der Waals surface area contributed by atoms with Crippen LogP contribution >= 0.6 is 11.6 Å². The van der Waals surface area contributed by atoms with Gasteiger partial charge in [0.15, 0.2) is 0 Å². The van der Waals surface area contributed by atoms with Gasteiger partial charge in [0.1, 0.15) is 5.82 Å². The minimum Gasteiger partial charge on any atom is -0.375 e. The number of hydrogen-bond acceptors (Lipinski definition) is 4. The molecule has 0 saturated carbocycles. The molecule has 0 N–H and O–H groups in total. The second kappa shape index (κ2) is 4.97. The Morgan fingerprint density at radius 2 is 2.44 bits per heavy atom. The fraction of sp³-hybridized carbons (Fsp3) is 0.636. The van der Waals surface area contributed by atoms with Crippen molar-refractivity contribution in [3.05, 3.63) is 17.0 Å². The molecule has 1 fully saturated rings. The van der Waals surface area contributed by atoms with E-state index in [1.165, 1.54) is 0 Å². The van der Waals surface area contributed by atoms with Crippen molar-refractivity contribution in [2.75, 3.05) is 24.6 Å². The summed E-state index contributed by atoms with van der Waals surface area (Å²) in [4.78, 5) is 10.5. The van der Waals surface area contributed by atoms with Gasteiger partial charge < -0.3 is 9.64 Å². The van der Waals surface area contributed by atoms with Gasteiger partial charge in [-0.25, -0.2) is 9.97 Å². The fourth-order valence-corrected chi connectivity index (χ4v) is 2.02. The molecular formula is C11H16ClN3O. The fourth-order valence-electron chi connectivity index (χ4n) is 1.89. The Kier molecular flexibility index (Phi) is 3.61. The van der Waals surface area contributed by atoms with Crippen LogP contribution in [-0.2, 0) is 4.74 Å².